The largest absolute Gasteiger partial charge is 0.444 e. The summed E-state index contributed by atoms with van der Waals surface area (Å²) in [5, 5.41) is 51.0. The summed E-state index contributed by atoms with van der Waals surface area (Å²) in [4.78, 5) is 37.8. The number of nitro benzene ring substituents is 1. The molecule has 2 N–H and O–H groups in total. The molecule has 0 bridgehead atoms. The van der Waals surface area contributed by atoms with Gasteiger partial charge in [0.1, 0.15) is 0 Å². The highest BCUT2D eigenvalue weighted by Gasteiger charge is 2.45. The predicted octanol–water partition coefficient (Wildman–Crippen LogP) is 12.0. The molecule has 0 aromatic heterocycles. The normalized spacial score (nSPS) is 12.1. The summed E-state index contributed by atoms with van der Waals surface area (Å²) in [5.74, 6) is -5.69. The molecular weight excluding hydrogens is 753 g/mol. The Balaban J connectivity index is 2.07. The molecule has 0 aliphatic rings. The minimum Gasteiger partial charge on any atom is -0.444 e. The van der Waals surface area contributed by atoms with Crippen LogP contribution in [0.25, 0.3) is 0 Å². The Morgan fingerprint density at radius 3 is 1.86 bits per heavy atom. The average Bonchev–Trinajstić information content (AvgIpc) is 3.22. The molecule has 0 spiro atoms. The van der Waals surface area contributed by atoms with E-state index in [0.717, 1.165) is 43.3 Å². The van der Waals surface area contributed by atoms with Crippen LogP contribution in [0.5, 0.6) is 0 Å². The van der Waals surface area contributed by atoms with E-state index in [-0.39, 0.29) is 22.6 Å². The second-order valence-corrected chi connectivity index (χ2v) is 14.4. The fourth-order valence-electron chi connectivity index (χ4n) is 6.40. The summed E-state index contributed by atoms with van der Waals surface area (Å²) in [5.41, 5.74) is 3.41. The summed E-state index contributed by atoms with van der Waals surface area (Å²) < 4.78 is 10.2. The van der Waals surface area contributed by atoms with Crippen LogP contribution in [0.15, 0.2) is 100 Å². The number of nitro groups is 1. The summed E-state index contributed by atoms with van der Waals surface area (Å²) in [7, 11) is 0. The highest BCUT2D eigenvalue weighted by Crippen LogP contribution is 2.41. The molecule has 3 rings (SSSR count). The van der Waals surface area contributed by atoms with Gasteiger partial charge in [-0.2, -0.15) is 20.5 Å². The maximum Gasteiger partial charge on any atom is 0.368 e. The van der Waals surface area contributed by atoms with Gasteiger partial charge >= 0.3 is 17.9 Å². The van der Waals surface area contributed by atoms with E-state index in [1.54, 1.807) is 6.07 Å². The molecule has 0 radical (unpaired) electrons. The first-order valence-corrected chi connectivity index (χ1v) is 20.6. The van der Waals surface area contributed by atoms with Gasteiger partial charge in [0.15, 0.2) is 0 Å². The molecule has 0 aliphatic heterocycles. The molecule has 0 saturated heterocycles. The van der Waals surface area contributed by atoms with E-state index in [2.05, 4.69) is 58.4 Å². The Labute approximate surface area is 347 Å². The van der Waals surface area contributed by atoms with Crippen LogP contribution in [-0.4, -0.2) is 46.1 Å². The second-order valence-electron chi connectivity index (χ2n) is 14.4. The lowest BCUT2D eigenvalue weighted by Crippen LogP contribution is -2.42. The number of azo groups is 2. The molecule has 59 heavy (non-hydrogen) atoms. The number of aryl methyl sites for hydroxylation is 2. The molecule has 14 nitrogen and oxygen atoms in total. The fraction of sp³-hybridized carbons (Fsp3) is 0.467. The fourth-order valence-corrected chi connectivity index (χ4v) is 6.40. The van der Waals surface area contributed by atoms with E-state index in [4.69, 9.17) is 9.47 Å². The van der Waals surface area contributed by atoms with Gasteiger partial charge < -0.3 is 24.6 Å². The van der Waals surface area contributed by atoms with Gasteiger partial charge in [-0.05, 0) is 79.8 Å². The van der Waals surface area contributed by atoms with Gasteiger partial charge in [-0.15, -0.1) is 0 Å². The number of carbonyl (C=O) groups excluding carboxylic acids is 2. The lowest BCUT2D eigenvalue weighted by molar-refractivity contribution is -0.384. The number of ether oxygens (including phenoxy) is 2. The highest BCUT2D eigenvalue weighted by atomic mass is 16.8. The third-order valence-corrected chi connectivity index (χ3v) is 9.76. The van der Waals surface area contributed by atoms with Crippen molar-refractivity contribution in [2.24, 2.45) is 20.5 Å². The first-order valence-electron chi connectivity index (χ1n) is 20.6. The molecule has 0 amide bonds. The highest BCUT2D eigenvalue weighted by molar-refractivity contribution is 5.82. The third kappa shape index (κ3) is 15.6. The van der Waals surface area contributed by atoms with Crippen LogP contribution in [0.2, 0.25) is 0 Å². The van der Waals surface area contributed by atoms with Gasteiger partial charge in [0, 0.05) is 48.6 Å². The lowest BCUT2D eigenvalue weighted by atomic mass is 9.99. The number of anilines is 1. The Bertz CT molecular complexity index is 1890. The van der Waals surface area contributed by atoms with E-state index >= 15 is 0 Å². The molecule has 1 atom stereocenters. The summed E-state index contributed by atoms with van der Waals surface area (Å²) in [6, 6.07) is 14.4. The number of unbranched alkanes of at least 4 members (excludes halogenated alkanes) is 10. The van der Waals surface area contributed by atoms with Crippen LogP contribution in [0.3, 0.4) is 0 Å². The van der Waals surface area contributed by atoms with Crippen molar-refractivity contribution in [1.29, 1.82) is 0 Å². The molecule has 3 aromatic carbocycles. The van der Waals surface area contributed by atoms with Crippen LogP contribution < -0.4 is 4.90 Å². The maximum atomic E-state index is 12.6. The number of nitrogens with zero attached hydrogens (tertiary/aromatic N) is 6. The number of hydrogen-bond donors (Lipinski definition) is 2. The second kappa shape index (κ2) is 25.0. The molecule has 0 saturated carbocycles. The van der Waals surface area contributed by atoms with Crippen molar-refractivity contribution in [3.05, 3.63) is 107 Å². The number of aliphatic hydroxyl groups is 2. The van der Waals surface area contributed by atoms with E-state index in [0.29, 0.717) is 29.4 Å². The zero-order valence-corrected chi connectivity index (χ0v) is 35.0. The van der Waals surface area contributed by atoms with Crippen molar-refractivity contribution in [3.63, 3.8) is 0 Å². The van der Waals surface area contributed by atoms with Crippen LogP contribution in [0.1, 0.15) is 121 Å². The SMILES string of the molecule is C=CC(=O)OC(c1cc(N=Nc2ccc([N+](=O)[O-])cc2)c(CC)cc1N=Nc1ccc(N(CCCCCCCC)CCCCCCCC)cc1C)C(O)(O)OC(=O)C=C. The van der Waals surface area contributed by atoms with E-state index in [1.807, 2.05) is 26.0 Å². The van der Waals surface area contributed by atoms with Crippen molar-refractivity contribution >= 4 is 46.1 Å². The van der Waals surface area contributed by atoms with Gasteiger partial charge in [-0.1, -0.05) is 98.1 Å². The Morgan fingerprint density at radius 1 is 0.763 bits per heavy atom. The summed E-state index contributed by atoms with van der Waals surface area (Å²) in [6.45, 7) is 16.9. The zero-order valence-electron chi connectivity index (χ0n) is 35.0. The topological polar surface area (TPSA) is 189 Å². The third-order valence-electron chi connectivity index (χ3n) is 9.76. The first-order chi connectivity index (χ1) is 28.4. The monoisotopic (exact) mass is 812 g/mol. The predicted molar refractivity (Wildman–Crippen MR) is 230 cm³/mol. The first kappa shape index (κ1) is 47.8. The van der Waals surface area contributed by atoms with E-state index < -0.39 is 28.9 Å². The Morgan fingerprint density at radius 2 is 1.32 bits per heavy atom. The molecular formula is C45H60N6O8. The molecule has 1 unspecified atom stereocenters. The van der Waals surface area contributed by atoms with Crippen molar-refractivity contribution in [3.8, 4) is 0 Å². The Kier molecular flexibility index (Phi) is 20.3. The minimum atomic E-state index is -3.41. The lowest BCUT2D eigenvalue weighted by Gasteiger charge is -2.30. The summed E-state index contributed by atoms with van der Waals surface area (Å²) in [6.07, 6.45) is 14.4. The zero-order chi connectivity index (χ0) is 43.2. The van der Waals surface area contributed by atoms with Crippen molar-refractivity contribution in [1.82, 2.24) is 0 Å². The van der Waals surface area contributed by atoms with Gasteiger partial charge in [0.05, 0.1) is 27.7 Å². The molecule has 318 valence electrons. The number of rotatable bonds is 27. The molecule has 3 aromatic rings. The van der Waals surface area contributed by atoms with E-state index in [1.165, 1.54) is 94.5 Å². The van der Waals surface area contributed by atoms with Gasteiger partial charge in [0.25, 0.3) is 5.69 Å². The number of carbonyl (C=O) groups is 2. The van der Waals surface area contributed by atoms with E-state index in [9.17, 15) is 29.9 Å². The standard InChI is InChI=1S/C45H60N6O8/c1-7-12-14-16-18-20-28-50(29-21-19-17-15-13-8-2)37-26-27-39(33(6)30-37)47-49-41-31-34(9-3)40(48-46-35-22-24-36(25-23-35)51(56)57)32-38(41)44(58-42(52)10-4)45(54,55)59-43(53)11-5/h10-11,22-27,30-32,44,54-55H,4-5,7-9,12-21,28-29H2,1-3,6H3. The smallest absolute Gasteiger partial charge is 0.368 e. The van der Waals surface area contributed by atoms with Crippen molar-refractivity contribution < 1.29 is 34.2 Å². The van der Waals surface area contributed by atoms with Gasteiger partial charge in [-0.3, -0.25) is 10.1 Å². The molecule has 0 heterocycles. The number of benzene rings is 3. The van der Waals surface area contributed by atoms with Crippen LogP contribution >= 0.6 is 0 Å². The van der Waals surface area contributed by atoms with Crippen LogP contribution in [0.4, 0.5) is 34.1 Å². The van der Waals surface area contributed by atoms with Crippen molar-refractivity contribution in [2.75, 3.05) is 18.0 Å². The average molecular weight is 813 g/mol. The van der Waals surface area contributed by atoms with Gasteiger partial charge in [0.2, 0.25) is 6.10 Å². The minimum absolute atomic E-state index is 0.0522. The molecule has 14 heteroatoms. The Hall–Kier alpha value is -5.60. The number of esters is 2. The molecule has 0 aliphatic carbocycles. The number of non-ortho nitro benzene ring substituents is 1. The maximum absolute atomic E-state index is 12.6. The summed E-state index contributed by atoms with van der Waals surface area (Å²) >= 11 is 0. The van der Waals surface area contributed by atoms with Crippen LogP contribution in [0, 0.1) is 17.0 Å². The van der Waals surface area contributed by atoms with Crippen LogP contribution in [-0.2, 0) is 25.5 Å². The quantitative estimate of drug-likeness (QED) is 0.0143. The number of hydrogen-bond acceptors (Lipinski definition) is 13. The van der Waals surface area contributed by atoms with Crippen molar-refractivity contribution in [2.45, 2.75) is 123 Å². The van der Waals surface area contributed by atoms with Gasteiger partial charge in [-0.25, -0.2) is 9.59 Å². The molecule has 0 fully saturated rings.